The van der Waals surface area contributed by atoms with Crippen LogP contribution in [0.25, 0.3) is 11.2 Å². The first-order valence-corrected chi connectivity index (χ1v) is 6.16. The van der Waals surface area contributed by atoms with E-state index in [0.717, 1.165) is 0 Å². The summed E-state index contributed by atoms with van der Waals surface area (Å²) in [5, 5.41) is 29.6. The third-order valence-corrected chi connectivity index (χ3v) is 3.55. The van der Waals surface area contributed by atoms with Gasteiger partial charge in [-0.05, 0) is 12.5 Å². The van der Waals surface area contributed by atoms with Gasteiger partial charge in [0.1, 0.15) is 12.2 Å². The lowest BCUT2D eigenvalue weighted by Crippen LogP contribution is -2.31. The Morgan fingerprint density at radius 1 is 1.40 bits per heavy atom. The van der Waals surface area contributed by atoms with E-state index < -0.39 is 24.4 Å². The van der Waals surface area contributed by atoms with E-state index in [1.807, 2.05) is 0 Å². The quantitative estimate of drug-likeness (QED) is 0.506. The molecule has 20 heavy (non-hydrogen) atoms. The molecule has 8 heteroatoms. The van der Waals surface area contributed by atoms with Crippen LogP contribution in [0.15, 0.2) is 29.1 Å². The molecule has 0 spiro atoms. The molecule has 3 rings (SSSR count). The molecular weight excluding hydrogens is 264 g/mol. The van der Waals surface area contributed by atoms with Crippen molar-refractivity contribution >= 4 is 11.2 Å². The van der Waals surface area contributed by atoms with Gasteiger partial charge in [-0.25, -0.2) is 9.97 Å². The van der Waals surface area contributed by atoms with E-state index in [0.29, 0.717) is 11.2 Å². The Hall–Kier alpha value is -2.03. The van der Waals surface area contributed by atoms with Gasteiger partial charge in [0, 0.05) is 0 Å². The van der Waals surface area contributed by atoms with E-state index in [1.165, 1.54) is 24.1 Å². The van der Waals surface area contributed by atoms with Crippen molar-refractivity contribution in [3.63, 3.8) is 0 Å². The Morgan fingerprint density at radius 3 is 2.80 bits per heavy atom. The highest BCUT2D eigenvalue weighted by atomic mass is 16.3. The fourth-order valence-electron chi connectivity index (χ4n) is 2.49. The maximum absolute atomic E-state index is 11.6. The number of hydrogen-bond acceptors (Lipinski definition) is 6. The smallest absolute Gasteiger partial charge is 0.278 e. The summed E-state index contributed by atoms with van der Waals surface area (Å²) in [7, 11) is 0. The van der Waals surface area contributed by atoms with Crippen molar-refractivity contribution in [2.75, 3.05) is 0 Å². The number of aliphatic hydroxyl groups is 3. The number of nitrogens with one attached hydrogen (secondary N) is 1. The Morgan fingerprint density at radius 2 is 2.15 bits per heavy atom. The second-order valence-electron chi connectivity index (χ2n) is 4.82. The summed E-state index contributed by atoms with van der Waals surface area (Å²) in [6, 6.07) is -0.631. The number of rotatable bonds is 2. The van der Waals surface area contributed by atoms with Gasteiger partial charge in [-0.15, -0.1) is 0 Å². The van der Waals surface area contributed by atoms with Crippen molar-refractivity contribution in [3.8, 4) is 0 Å². The molecule has 0 radical (unpaired) electrons. The van der Waals surface area contributed by atoms with Crippen LogP contribution in [0.4, 0.5) is 0 Å². The van der Waals surface area contributed by atoms with Gasteiger partial charge < -0.3 is 24.9 Å². The number of fused-ring (bicyclic) bond motifs is 1. The maximum atomic E-state index is 11.6. The van der Waals surface area contributed by atoms with Crippen LogP contribution in [0, 0.1) is 0 Å². The van der Waals surface area contributed by atoms with Crippen LogP contribution in [0.2, 0.25) is 0 Å². The summed E-state index contributed by atoms with van der Waals surface area (Å²) in [6.07, 6.45) is 1.06. The van der Waals surface area contributed by atoms with E-state index in [4.69, 9.17) is 0 Å². The molecule has 2 heterocycles. The second kappa shape index (κ2) is 4.51. The SMILES string of the molecule is C[C@H](O)C1=C[C@@H](n2cnc3c(=O)[nH]cnc32)[C@H](O)[C@@H]1O. The number of hydrogen-bond donors (Lipinski definition) is 4. The summed E-state index contributed by atoms with van der Waals surface area (Å²) in [5.41, 5.74) is 0.442. The fourth-order valence-corrected chi connectivity index (χ4v) is 2.49. The standard InChI is InChI=1S/C12H14N4O4/c1-5(17)6-2-7(10(19)9(6)18)16-4-15-8-11(16)13-3-14-12(8)20/h2-5,7,9-10,17-19H,1H3,(H,13,14,20)/t5-,7+,9+,10-/m0/s1. The van der Waals surface area contributed by atoms with Crippen LogP contribution < -0.4 is 5.56 Å². The van der Waals surface area contributed by atoms with Gasteiger partial charge in [0.05, 0.1) is 24.8 Å². The van der Waals surface area contributed by atoms with Crippen molar-refractivity contribution < 1.29 is 15.3 Å². The minimum atomic E-state index is -1.15. The summed E-state index contributed by atoms with van der Waals surface area (Å²) in [6.45, 7) is 1.51. The van der Waals surface area contributed by atoms with Crippen molar-refractivity contribution in [1.82, 2.24) is 19.5 Å². The molecule has 0 amide bonds. The molecule has 0 aromatic carbocycles. The zero-order valence-electron chi connectivity index (χ0n) is 10.6. The average Bonchev–Trinajstić information content (AvgIpc) is 2.94. The molecule has 0 saturated heterocycles. The van der Waals surface area contributed by atoms with Gasteiger partial charge in [0.25, 0.3) is 5.56 Å². The third-order valence-electron chi connectivity index (χ3n) is 3.55. The molecule has 0 saturated carbocycles. The average molecular weight is 278 g/mol. The largest absolute Gasteiger partial charge is 0.389 e. The summed E-state index contributed by atoms with van der Waals surface area (Å²) >= 11 is 0. The highest BCUT2D eigenvalue weighted by Gasteiger charge is 2.38. The molecule has 1 aliphatic rings. The van der Waals surface area contributed by atoms with Gasteiger partial charge in [-0.1, -0.05) is 6.08 Å². The number of aliphatic hydroxyl groups excluding tert-OH is 3. The minimum Gasteiger partial charge on any atom is -0.389 e. The summed E-state index contributed by atoms with van der Waals surface area (Å²) in [4.78, 5) is 22.0. The first-order chi connectivity index (χ1) is 9.50. The molecule has 8 nitrogen and oxygen atoms in total. The first kappa shape index (κ1) is 13.0. The lowest BCUT2D eigenvalue weighted by atomic mass is 10.1. The zero-order valence-corrected chi connectivity index (χ0v) is 10.6. The maximum Gasteiger partial charge on any atom is 0.278 e. The third kappa shape index (κ3) is 1.77. The number of nitrogens with zero attached hydrogens (tertiary/aromatic N) is 3. The molecule has 0 bridgehead atoms. The van der Waals surface area contributed by atoms with Crippen LogP contribution in [0.5, 0.6) is 0 Å². The molecule has 4 N–H and O–H groups in total. The van der Waals surface area contributed by atoms with Crippen LogP contribution in [-0.2, 0) is 0 Å². The van der Waals surface area contributed by atoms with E-state index in [2.05, 4.69) is 15.0 Å². The zero-order chi connectivity index (χ0) is 14.4. The second-order valence-corrected chi connectivity index (χ2v) is 4.82. The molecule has 0 aliphatic heterocycles. The normalized spacial score (nSPS) is 27.8. The number of H-pyrrole nitrogens is 1. The predicted octanol–water partition coefficient (Wildman–Crippen LogP) is -1.30. The molecule has 1 aliphatic carbocycles. The van der Waals surface area contributed by atoms with Gasteiger partial charge in [0.15, 0.2) is 11.2 Å². The van der Waals surface area contributed by atoms with Crippen LogP contribution >= 0.6 is 0 Å². The van der Waals surface area contributed by atoms with Gasteiger partial charge in [0.2, 0.25) is 0 Å². The molecule has 0 unspecified atom stereocenters. The topological polar surface area (TPSA) is 124 Å². The minimum absolute atomic E-state index is 0.160. The monoisotopic (exact) mass is 278 g/mol. The van der Waals surface area contributed by atoms with Gasteiger partial charge in [-0.2, -0.15) is 0 Å². The molecule has 2 aromatic heterocycles. The highest BCUT2D eigenvalue weighted by molar-refractivity contribution is 5.69. The molecule has 106 valence electrons. The molecule has 2 aromatic rings. The molecule has 4 atom stereocenters. The van der Waals surface area contributed by atoms with Crippen molar-refractivity contribution in [3.05, 3.63) is 34.7 Å². The highest BCUT2D eigenvalue weighted by Crippen LogP contribution is 2.32. The summed E-state index contributed by atoms with van der Waals surface area (Å²) in [5.74, 6) is 0. The van der Waals surface area contributed by atoms with E-state index >= 15 is 0 Å². The van der Waals surface area contributed by atoms with Crippen LogP contribution in [0.1, 0.15) is 13.0 Å². The Kier molecular flexibility index (Phi) is 2.93. The Bertz CT molecular complexity index is 732. The summed E-state index contributed by atoms with van der Waals surface area (Å²) < 4.78 is 1.51. The van der Waals surface area contributed by atoms with Crippen LogP contribution in [-0.4, -0.2) is 53.2 Å². The van der Waals surface area contributed by atoms with Crippen molar-refractivity contribution in [2.24, 2.45) is 0 Å². The van der Waals surface area contributed by atoms with Gasteiger partial charge in [-0.3, -0.25) is 4.79 Å². The Labute approximate surface area is 113 Å². The van der Waals surface area contributed by atoms with E-state index in [9.17, 15) is 20.1 Å². The first-order valence-electron chi connectivity index (χ1n) is 6.16. The van der Waals surface area contributed by atoms with Crippen molar-refractivity contribution in [1.29, 1.82) is 0 Å². The lowest BCUT2D eigenvalue weighted by molar-refractivity contribution is 0.0237. The predicted molar refractivity (Wildman–Crippen MR) is 69.0 cm³/mol. The lowest BCUT2D eigenvalue weighted by Gasteiger charge is -2.19. The fraction of sp³-hybridized carbons (Fsp3) is 0.417. The number of aromatic nitrogens is 4. The van der Waals surface area contributed by atoms with E-state index in [-0.39, 0.29) is 11.1 Å². The number of imidazole rings is 1. The van der Waals surface area contributed by atoms with Crippen molar-refractivity contribution in [2.45, 2.75) is 31.3 Å². The van der Waals surface area contributed by atoms with Gasteiger partial charge >= 0.3 is 0 Å². The molecule has 0 fully saturated rings. The Balaban J connectivity index is 2.12. The van der Waals surface area contributed by atoms with Crippen LogP contribution in [0.3, 0.4) is 0 Å². The van der Waals surface area contributed by atoms with E-state index in [1.54, 1.807) is 6.08 Å². The number of aromatic amines is 1. The molecular formula is C12H14N4O4.